The molecule has 0 atom stereocenters. The van der Waals surface area contributed by atoms with Gasteiger partial charge < -0.3 is 5.73 Å². The standard InChI is InChI=1S/C16H19BrClN/c17-13-4-12(5-14(18)15(13)19)16-6-9-1-10(7-16)3-11(2-9)8-16/h4-5,9-11H,1-3,6-8,19H2. The molecule has 1 nitrogen and oxygen atoms in total. The largest absolute Gasteiger partial charge is 0.397 e. The van der Waals surface area contributed by atoms with Gasteiger partial charge in [0.25, 0.3) is 0 Å². The van der Waals surface area contributed by atoms with Crippen LogP contribution in [0, 0.1) is 17.8 Å². The van der Waals surface area contributed by atoms with Gasteiger partial charge in [-0.05, 0) is 95.3 Å². The first kappa shape index (κ1) is 12.5. The Bertz CT molecular complexity index is 481. The van der Waals surface area contributed by atoms with Crippen molar-refractivity contribution in [3.63, 3.8) is 0 Å². The number of hydrogen-bond acceptors (Lipinski definition) is 1. The smallest absolute Gasteiger partial charge is 0.0650 e. The van der Waals surface area contributed by atoms with Crippen LogP contribution in [0.3, 0.4) is 0 Å². The van der Waals surface area contributed by atoms with Crippen LogP contribution in [-0.4, -0.2) is 0 Å². The highest BCUT2D eigenvalue weighted by Gasteiger charge is 2.51. The van der Waals surface area contributed by atoms with Gasteiger partial charge in [0.1, 0.15) is 0 Å². The van der Waals surface area contributed by atoms with Gasteiger partial charge in [0.05, 0.1) is 10.7 Å². The molecule has 5 rings (SSSR count). The molecule has 0 aliphatic heterocycles. The van der Waals surface area contributed by atoms with E-state index < -0.39 is 0 Å². The van der Waals surface area contributed by atoms with Crippen LogP contribution in [0.4, 0.5) is 5.69 Å². The third-order valence-electron chi connectivity index (χ3n) is 5.73. The average molecular weight is 341 g/mol. The molecule has 0 spiro atoms. The maximum Gasteiger partial charge on any atom is 0.0650 e. The Balaban J connectivity index is 1.79. The summed E-state index contributed by atoms with van der Waals surface area (Å²) in [6.07, 6.45) is 8.53. The van der Waals surface area contributed by atoms with E-state index >= 15 is 0 Å². The summed E-state index contributed by atoms with van der Waals surface area (Å²) < 4.78 is 0.964. The summed E-state index contributed by atoms with van der Waals surface area (Å²) in [5.74, 6) is 2.88. The van der Waals surface area contributed by atoms with Gasteiger partial charge in [0, 0.05) is 4.47 Å². The fourth-order valence-electron chi connectivity index (χ4n) is 5.35. The van der Waals surface area contributed by atoms with Crippen LogP contribution < -0.4 is 5.73 Å². The fraction of sp³-hybridized carbons (Fsp3) is 0.625. The molecule has 0 saturated heterocycles. The molecule has 0 aromatic heterocycles. The lowest BCUT2D eigenvalue weighted by atomic mass is 9.48. The zero-order chi connectivity index (χ0) is 13.2. The number of nitrogens with two attached hydrogens (primary N) is 1. The van der Waals surface area contributed by atoms with Gasteiger partial charge in [-0.2, -0.15) is 0 Å². The second-order valence-corrected chi connectivity index (χ2v) is 8.31. The van der Waals surface area contributed by atoms with Crippen molar-refractivity contribution in [1.82, 2.24) is 0 Å². The molecule has 4 fully saturated rings. The Hall–Kier alpha value is -0.210. The molecule has 0 heterocycles. The van der Waals surface area contributed by atoms with E-state index in [2.05, 4.69) is 28.1 Å². The summed E-state index contributed by atoms with van der Waals surface area (Å²) in [4.78, 5) is 0. The van der Waals surface area contributed by atoms with E-state index in [0.717, 1.165) is 22.2 Å². The number of anilines is 1. The van der Waals surface area contributed by atoms with Crippen molar-refractivity contribution in [2.75, 3.05) is 5.73 Å². The molecule has 1 aromatic carbocycles. The zero-order valence-corrected chi connectivity index (χ0v) is 13.3. The molecular weight excluding hydrogens is 322 g/mol. The Morgan fingerprint density at radius 3 is 2.05 bits per heavy atom. The van der Waals surface area contributed by atoms with Gasteiger partial charge in [-0.1, -0.05) is 11.6 Å². The lowest BCUT2D eigenvalue weighted by molar-refractivity contribution is -0.00520. The Morgan fingerprint density at radius 2 is 1.58 bits per heavy atom. The number of halogens is 2. The molecule has 19 heavy (non-hydrogen) atoms. The van der Waals surface area contributed by atoms with Crippen molar-refractivity contribution in [2.24, 2.45) is 17.8 Å². The number of hydrogen-bond donors (Lipinski definition) is 1. The first-order valence-corrected chi connectivity index (χ1v) is 8.48. The lowest BCUT2D eigenvalue weighted by Crippen LogP contribution is -2.48. The van der Waals surface area contributed by atoms with Crippen LogP contribution in [0.2, 0.25) is 5.02 Å². The third kappa shape index (κ3) is 1.86. The maximum absolute atomic E-state index is 6.30. The highest BCUT2D eigenvalue weighted by atomic mass is 79.9. The highest BCUT2D eigenvalue weighted by Crippen LogP contribution is 2.61. The van der Waals surface area contributed by atoms with Gasteiger partial charge in [0.15, 0.2) is 0 Å². The fourth-order valence-corrected chi connectivity index (χ4v) is 6.15. The average Bonchev–Trinajstić information content (AvgIpc) is 2.33. The molecule has 4 aliphatic rings. The van der Waals surface area contributed by atoms with Crippen molar-refractivity contribution in [1.29, 1.82) is 0 Å². The topological polar surface area (TPSA) is 26.0 Å². The first-order chi connectivity index (χ1) is 9.06. The first-order valence-electron chi connectivity index (χ1n) is 7.31. The summed E-state index contributed by atoms with van der Waals surface area (Å²) in [5.41, 5.74) is 8.47. The monoisotopic (exact) mass is 339 g/mol. The summed E-state index contributed by atoms with van der Waals surface area (Å²) in [6, 6.07) is 4.36. The van der Waals surface area contributed by atoms with E-state index in [1.807, 2.05) is 0 Å². The van der Waals surface area contributed by atoms with E-state index in [1.54, 1.807) is 0 Å². The van der Waals surface area contributed by atoms with E-state index in [-0.39, 0.29) is 0 Å². The van der Waals surface area contributed by atoms with E-state index in [9.17, 15) is 0 Å². The van der Waals surface area contributed by atoms with Crippen LogP contribution in [-0.2, 0) is 5.41 Å². The molecule has 1 aromatic rings. The quantitative estimate of drug-likeness (QED) is 0.703. The highest BCUT2D eigenvalue weighted by molar-refractivity contribution is 9.10. The van der Waals surface area contributed by atoms with Crippen LogP contribution in [0.15, 0.2) is 16.6 Å². The van der Waals surface area contributed by atoms with Crippen LogP contribution in [0.5, 0.6) is 0 Å². The van der Waals surface area contributed by atoms with E-state index in [4.69, 9.17) is 17.3 Å². The number of rotatable bonds is 1. The summed E-state index contributed by atoms with van der Waals surface area (Å²) in [6.45, 7) is 0. The van der Waals surface area contributed by atoms with Crippen molar-refractivity contribution in [2.45, 2.75) is 43.9 Å². The van der Waals surface area contributed by atoms with Crippen LogP contribution >= 0.6 is 27.5 Å². The number of nitrogen functional groups attached to an aromatic ring is 1. The predicted molar refractivity (Wildman–Crippen MR) is 83.4 cm³/mol. The predicted octanol–water partition coefficient (Wildman–Crippen LogP) is 5.15. The second kappa shape index (κ2) is 4.14. The molecule has 0 radical (unpaired) electrons. The van der Waals surface area contributed by atoms with Crippen molar-refractivity contribution in [3.8, 4) is 0 Å². The normalized spacial score (nSPS) is 39.8. The lowest BCUT2D eigenvalue weighted by Gasteiger charge is -2.57. The van der Waals surface area contributed by atoms with Crippen molar-refractivity contribution in [3.05, 3.63) is 27.2 Å². The summed E-state index contributed by atoms with van der Waals surface area (Å²) in [7, 11) is 0. The zero-order valence-electron chi connectivity index (χ0n) is 11.0. The van der Waals surface area contributed by atoms with Gasteiger partial charge in [0.2, 0.25) is 0 Å². The minimum Gasteiger partial charge on any atom is -0.397 e. The van der Waals surface area contributed by atoms with Gasteiger partial charge in [-0.3, -0.25) is 0 Å². The second-order valence-electron chi connectivity index (χ2n) is 7.05. The Kier molecular flexibility index (Phi) is 2.73. The molecule has 102 valence electrons. The minimum atomic E-state index is 0.397. The van der Waals surface area contributed by atoms with Crippen LogP contribution in [0.1, 0.15) is 44.1 Å². The van der Waals surface area contributed by atoms with Crippen molar-refractivity contribution < 1.29 is 0 Å². The Labute approximate surface area is 128 Å². The summed E-state index contributed by atoms with van der Waals surface area (Å²) >= 11 is 9.87. The molecule has 0 amide bonds. The minimum absolute atomic E-state index is 0.397. The molecular formula is C16H19BrClN. The van der Waals surface area contributed by atoms with Gasteiger partial charge in [-0.15, -0.1) is 0 Å². The maximum atomic E-state index is 6.30. The summed E-state index contributed by atoms with van der Waals surface area (Å²) in [5, 5.41) is 0.708. The number of benzene rings is 1. The Morgan fingerprint density at radius 1 is 1.05 bits per heavy atom. The molecule has 4 bridgehead atoms. The molecule has 4 aliphatic carbocycles. The molecule has 4 saturated carbocycles. The SMILES string of the molecule is Nc1c(Cl)cc(C23CC4CC(CC(C4)C2)C3)cc1Br. The van der Waals surface area contributed by atoms with Crippen LogP contribution in [0.25, 0.3) is 0 Å². The molecule has 0 unspecified atom stereocenters. The molecule has 2 N–H and O–H groups in total. The van der Waals surface area contributed by atoms with E-state index in [0.29, 0.717) is 16.1 Å². The van der Waals surface area contributed by atoms with Gasteiger partial charge >= 0.3 is 0 Å². The third-order valence-corrected chi connectivity index (χ3v) is 6.70. The van der Waals surface area contributed by atoms with E-state index in [1.165, 1.54) is 44.1 Å². The molecule has 3 heteroatoms. The van der Waals surface area contributed by atoms with Crippen molar-refractivity contribution >= 4 is 33.2 Å². The van der Waals surface area contributed by atoms with Gasteiger partial charge in [-0.25, -0.2) is 0 Å².